The molecule has 1 amide bonds. The predicted molar refractivity (Wildman–Crippen MR) is 88.9 cm³/mol. The maximum Gasteiger partial charge on any atom is 0.271 e. The van der Waals surface area contributed by atoms with Crippen molar-refractivity contribution in [3.63, 3.8) is 0 Å². The van der Waals surface area contributed by atoms with Crippen LogP contribution in [0.5, 0.6) is 0 Å². The number of rotatable bonds is 4. The van der Waals surface area contributed by atoms with Crippen molar-refractivity contribution in [2.45, 2.75) is 26.2 Å². The van der Waals surface area contributed by atoms with E-state index in [0.29, 0.717) is 17.8 Å². The van der Waals surface area contributed by atoms with Gasteiger partial charge in [0, 0.05) is 24.2 Å². The lowest BCUT2D eigenvalue weighted by molar-refractivity contribution is -0.384. The second-order valence-electron chi connectivity index (χ2n) is 5.72. The molecule has 5 heteroatoms. The molecule has 5 nitrogen and oxygen atoms in total. The summed E-state index contributed by atoms with van der Waals surface area (Å²) >= 11 is 0. The van der Waals surface area contributed by atoms with Crippen LogP contribution in [0.2, 0.25) is 0 Å². The normalized spacial score (nSPS) is 13.0. The topological polar surface area (TPSA) is 63.5 Å². The first-order valence-corrected chi connectivity index (χ1v) is 7.78. The molecule has 1 aliphatic heterocycles. The Morgan fingerprint density at radius 2 is 1.96 bits per heavy atom. The van der Waals surface area contributed by atoms with E-state index in [1.165, 1.54) is 17.7 Å². The molecule has 118 valence electrons. The molecule has 0 saturated heterocycles. The third-order valence-electron chi connectivity index (χ3n) is 4.16. The van der Waals surface area contributed by atoms with Gasteiger partial charge in [0.25, 0.3) is 11.6 Å². The van der Waals surface area contributed by atoms with Crippen LogP contribution in [0.4, 0.5) is 11.4 Å². The van der Waals surface area contributed by atoms with Crippen LogP contribution in [0, 0.1) is 10.1 Å². The lowest BCUT2D eigenvalue weighted by Crippen LogP contribution is -2.28. The zero-order valence-corrected chi connectivity index (χ0v) is 13.0. The number of non-ortho nitro benzene ring substituents is 1. The molecule has 1 aliphatic rings. The monoisotopic (exact) mass is 310 g/mol. The zero-order valence-electron chi connectivity index (χ0n) is 13.0. The lowest BCUT2D eigenvalue weighted by atomic mass is 10.1. The van der Waals surface area contributed by atoms with Crippen LogP contribution < -0.4 is 4.90 Å². The van der Waals surface area contributed by atoms with E-state index in [0.717, 1.165) is 24.8 Å². The van der Waals surface area contributed by atoms with E-state index < -0.39 is 4.92 Å². The SMILES string of the molecule is CCCc1ccc(C(=O)N2CCc3ccc([N+](=O)[O-])cc32)cc1. The van der Waals surface area contributed by atoms with Gasteiger partial charge in [0.05, 0.1) is 10.6 Å². The number of carbonyl (C=O) groups is 1. The Hall–Kier alpha value is -2.69. The molecule has 0 atom stereocenters. The highest BCUT2D eigenvalue weighted by Gasteiger charge is 2.27. The molecule has 0 saturated carbocycles. The highest BCUT2D eigenvalue weighted by Crippen LogP contribution is 2.32. The maximum atomic E-state index is 12.7. The molecule has 0 aliphatic carbocycles. The van der Waals surface area contributed by atoms with Gasteiger partial charge in [-0.15, -0.1) is 0 Å². The van der Waals surface area contributed by atoms with Crippen LogP contribution in [-0.2, 0) is 12.8 Å². The Morgan fingerprint density at radius 1 is 1.22 bits per heavy atom. The Morgan fingerprint density at radius 3 is 2.61 bits per heavy atom. The number of aryl methyl sites for hydroxylation is 1. The number of nitro benzene ring substituents is 1. The van der Waals surface area contributed by atoms with E-state index in [-0.39, 0.29) is 11.6 Å². The highest BCUT2D eigenvalue weighted by molar-refractivity contribution is 6.07. The summed E-state index contributed by atoms with van der Waals surface area (Å²) in [6.45, 7) is 2.68. The number of amides is 1. The molecule has 0 unspecified atom stereocenters. The van der Waals surface area contributed by atoms with Crippen molar-refractivity contribution in [3.05, 3.63) is 69.3 Å². The Balaban J connectivity index is 1.87. The minimum atomic E-state index is -0.430. The van der Waals surface area contributed by atoms with Crippen molar-refractivity contribution in [2.75, 3.05) is 11.4 Å². The number of hydrogen-bond donors (Lipinski definition) is 0. The molecule has 0 N–H and O–H groups in total. The van der Waals surface area contributed by atoms with Gasteiger partial charge in [-0.3, -0.25) is 14.9 Å². The van der Waals surface area contributed by atoms with Gasteiger partial charge < -0.3 is 4.90 Å². The van der Waals surface area contributed by atoms with Crippen LogP contribution in [0.15, 0.2) is 42.5 Å². The summed E-state index contributed by atoms with van der Waals surface area (Å²) in [5, 5.41) is 10.9. The van der Waals surface area contributed by atoms with E-state index in [1.54, 1.807) is 11.0 Å². The van der Waals surface area contributed by atoms with Crippen LogP contribution >= 0.6 is 0 Å². The quantitative estimate of drug-likeness (QED) is 0.638. The minimum Gasteiger partial charge on any atom is -0.308 e. The molecule has 0 spiro atoms. The first-order chi connectivity index (χ1) is 11.1. The molecule has 0 bridgehead atoms. The summed E-state index contributed by atoms with van der Waals surface area (Å²) in [7, 11) is 0. The van der Waals surface area contributed by atoms with Crippen LogP contribution in [0.3, 0.4) is 0 Å². The van der Waals surface area contributed by atoms with Gasteiger partial charge in [-0.1, -0.05) is 31.5 Å². The molecule has 2 aromatic carbocycles. The number of benzene rings is 2. The fraction of sp³-hybridized carbons (Fsp3) is 0.278. The number of nitrogens with zero attached hydrogens (tertiary/aromatic N) is 2. The van der Waals surface area contributed by atoms with Crippen molar-refractivity contribution in [1.82, 2.24) is 0 Å². The van der Waals surface area contributed by atoms with Gasteiger partial charge in [0.2, 0.25) is 0 Å². The summed E-state index contributed by atoms with van der Waals surface area (Å²) < 4.78 is 0. The van der Waals surface area contributed by atoms with Crippen molar-refractivity contribution < 1.29 is 9.72 Å². The minimum absolute atomic E-state index is 0.0155. The molecule has 0 radical (unpaired) electrons. The molecule has 1 heterocycles. The third kappa shape index (κ3) is 2.95. The molecule has 0 aromatic heterocycles. The molecular weight excluding hydrogens is 292 g/mol. The summed E-state index contributed by atoms with van der Waals surface area (Å²) in [4.78, 5) is 24.9. The van der Waals surface area contributed by atoms with Gasteiger partial charge in [-0.25, -0.2) is 0 Å². The summed E-state index contributed by atoms with van der Waals surface area (Å²) in [6.07, 6.45) is 2.79. The number of hydrogen-bond acceptors (Lipinski definition) is 3. The van der Waals surface area contributed by atoms with Crippen LogP contribution in [-0.4, -0.2) is 17.4 Å². The van der Waals surface area contributed by atoms with Gasteiger partial charge in [0.15, 0.2) is 0 Å². The van der Waals surface area contributed by atoms with Crippen molar-refractivity contribution >= 4 is 17.3 Å². The summed E-state index contributed by atoms with van der Waals surface area (Å²) in [6, 6.07) is 12.3. The first-order valence-electron chi connectivity index (χ1n) is 7.78. The number of nitro groups is 1. The van der Waals surface area contributed by atoms with E-state index >= 15 is 0 Å². The largest absolute Gasteiger partial charge is 0.308 e. The van der Waals surface area contributed by atoms with E-state index in [2.05, 4.69) is 6.92 Å². The fourth-order valence-corrected chi connectivity index (χ4v) is 2.95. The fourth-order valence-electron chi connectivity index (χ4n) is 2.95. The lowest BCUT2D eigenvalue weighted by Gasteiger charge is -2.17. The van der Waals surface area contributed by atoms with Crippen molar-refractivity contribution in [1.29, 1.82) is 0 Å². The van der Waals surface area contributed by atoms with E-state index in [4.69, 9.17) is 0 Å². The van der Waals surface area contributed by atoms with Gasteiger partial charge in [-0.2, -0.15) is 0 Å². The molecule has 23 heavy (non-hydrogen) atoms. The average Bonchev–Trinajstić information content (AvgIpc) is 2.98. The molecule has 3 rings (SSSR count). The maximum absolute atomic E-state index is 12.7. The van der Waals surface area contributed by atoms with Crippen molar-refractivity contribution in [2.24, 2.45) is 0 Å². The highest BCUT2D eigenvalue weighted by atomic mass is 16.6. The number of carbonyl (C=O) groups excluding carboxylic acids is 1. The van der Waals surface area contributed by atoms with E-state index in [9.17, 15) is 14.9 Å². The van der Waals surface area contributed by atoms with Gasteiger partial charge in [0.1, 0.15) is 0 Å². The third-order valence-corrected chi connectivity index (χ3v) is 4.16. The van der Waals surface area contributed by atoms with Gasteiger partial charge >= 0.3 is 0 Å². The second-order valence-corrected chi connectivity index (χ2v) is 5.72. The average molecular weight is 310 g/mol. The van der Waals surface area contributed by atoms with E-state index in [1.807, 2.05) is 24.3 Å². The molecule has 2 aromatic rings. The second kappa shape index (κ2) is 6.20. The molecular formula is C18H18N2O3. The Labute approximate surface area is 134 Å². The summed E-state index contributed by atoms with van der Waals surface area (Å²) in [5.74, 6) is -0.104. The Bertz CT molecular complexity index is 753. The first kappa shape index (κ1) is 15.2. The zero-order chi connectivity index (χ0) is 16.4. The standard InChI is InChI=1S/C18H18N2O3/c1-2-3-13-4-6-15(7-5-13)18(21)19-11-10-14-8-9-16(20(22)23)12-17(14)19/h4-9,12H,2-3,10-11H2,1H3. The number of anilines is 1. The smallest absolute Gasteiger partial charge is 0.271 e. The predicted octanol–water partition coefficient (Wildman–Crippen LogP) is 3.75. The van der Waals surface area contributed by atoms with Crippen LogP contribution in [0.1, 0.15) is 34.8 Å². The number of fused-ring (bicyclic) bond motifs is 1. The van der Waals surface area contributed by atoms with Crippen molar-refractivity contribution in [3.8, 4) is 0 Å². The summed E-state index contributed by atoms with van der Waals surface area (Å²) in [5.41, 5.74) is 3.47. The van der Waals surface area contributed by atoms with Gasteiger partial charge in [-0.05, 0) is 36.1 Å². The van der Waals surface area contributed by atoms with Crippen LogP contribution in [0.25, 0.3) is 0 Å². The molecule has 0 fully saturated rings. The Kier molecular flexibility index (Phi) is 4.10.